The summed E-state index contributed by atoms with van der Waals surface area (Å²) in [6, 6.07) is 7.84. The van der Waals surface area contributed by atoms with E-state index in [1.54, 1.807) is 0 Å². The van der Waals surface area contributed by atoms with Crippen LogP contribution >= 0.6 is 0 Å². The lowest BCUT2D eigenvalue weighted by atomic mass is 9.87. The van der Waals surface area contributed by atoms with Crippen LogP contribution < -0.4 is 10.5 Å². The van der Waals surface area contributed by atoms with Crippen LogP contribution in [-0.4, -0.2) is 23.9 Å². The highest BCUT2D eigenvalue weighted by Gasteiger charge is 2.18. The summed E-state index contributed by atoms with van der Waals surface area (Å²) in [4.78, 5) is 0. The van der Waals surface area contributed by atoms with Gasteiger partial charge in [-0.25, -0.2) is 0 Å². The number of rotatable bonds is 5. The average molecular weight is 251 g/mol. The molecule has 1 aromatic carbocycles. The Morgan fingerprint density at radius 1 is 1.22 bits per heavy atom. The molecule has 0 radical (unpaired) electrons. The van der Waals surface area contributed by atoms with Crippen LogP contribution in [0.4, 0.5) is 0 Å². The first kappa shape index (κ1) is 15.0. The van der Waals surface area contributed by atoms with E-state index in [1.165, 1.54) is 5.56 Å². The van der Waals surface area contributed by atoms with Gasteiger partial charge in [0.2, 0.25) is 0 Å². The van der Waals surface area contributed by atoms with Crippen LogP contribution in [0, 0.1) is 0 Å². The molecule has 0 aliphatic heterocycles. The monoisotopic (exact) mass is 251 g/mol. The summed E-state index contributed by atoms with van der Waals surface area (Å²) in [6.07, 6.45) is 0.446. The highest BCUT2D eigenvalue weighted by atomic mass is 16.5. The van der Waals surface area contributed by atoms with Crippen molar-refractivity contribution in [3.8, 4) is 5.75 Å². The Morgan fingerprint density at radius 2 is 1.78 bits per heavy atom. The van der Waals surface area contributed by atoms with E-state index < -0.39 is 0 Å². The molecule has 0 bridgehead atoms. The van der Waals surface area contributed by atoms with Gasteiger partial charge in [0.1, 0.15) is 11.9 Å². The van der Waals surface area contributed by atoms with E-state index in [4.69, 9.17) is 10.5 Å². The van der Waals surface area contributed by atoms with Gasteiger partial charge in [0.25, 0.3) is 0 Å². The zero-order chi connectivity index (χ0) is 13.8. The van der Waals surface area contributed by atoms with Crippen LogP contribution in [0.25, 0.3) is 0 Å². The molecule has 3 heteroatoms. The topological polar surface area (TPSA) is 55.5 Å². The smallest absolute Gasteiger partial charge is 0.137 e. The molecule has 0 fully saturated rings. The van der Waals surface area contributed by atoms with E-state index in [0.717, 1.165) is 12.2 Å². The van der Waals surface area contributed by atoms with Crippen LogP contribution in [0.15, 0.2) is 24.3 Å². The first-order chi connectivity index (χ1) is 8.38. The lowest BCUT2D eigenvalue weighted by molar-refractivity contribution is 0.0932. The summed E-state index contributed by atoms with van der Waals surface area (Å²) < 4.78 is 5.71. The van der Waals surface area contributed by atoms with E-state index >= 15 is 0 Å². The first-order valence-electron chi connectivity index (χ1n) is 6.52. The molecule has 1 rings (SSSR count). The molecule has 2 atom stereocenters. The summed E-state index contributed by atoms with van der Waals surface area (Å²) in [5.41, 5.74) is 7.28. The number of hydrogen-bond donors (Lipinski definition) is 2. The highest BCUT2D eigenvalue weighted by molar-refractivity contribution is 5.31. The predicted molar refractivity (Wildman–Crippen MR) is 74.9 cm³/mol. The molecule has 0 spiro atoms. The average Bonchev–Trinajstić information content (AvgIpc) is 2.34. The Bertz CT molecular complexity index is 354. The van der Waals surface area contributed by atoms with Gasteiger partial charge in [-0.2, -0.15) is 0 Å². The fourth-order valence-corrected chi connectivity index (χ4v) is 1.73. The van der Waals surface area contributed by atoms with Crippen molar-refractivity contribution in [1.82, 2.24) is 0 Å². The number of ether oxygens (including phenoxy) is 1. The third kappa shape index (κ3) is 4.00. The zero-order valence-corrected chi connectivity index (χ0v) is 11.8. The summed E-state index contributed by atoms with van der Waals surface area (Å²) in [6.45, 7) is 8.45. The maximum atomic E-state index is 9.27. The third-order valence-corrected chi connectivity index (χ3v) is 3.14. The Hall–Kier alpha value is -1.06. The Balaban J connectivity index is 2.74. The molecule has 0 heterocycles. The molecule has 0 aromatic heterocycles. The van der Waals surface area contributed by atoms with Crippen molar-refractivity contribution in [2.24, 2.45) is 5.73 Å². The minimum Gasteiger partial charge on any atom is -0.486 e. The van der Waals surface area contributed by atoms with Crippen molar-refractivity contribution in [3.05, 3.63) is 29.8 Å². The summed E-state index contributed by atoms with van der Waals surface area (Å²) in [7, 11) is 0. The normalized spacial score (nSPS) is 15.2. The molecular formula is C15H25NO2. The van der Waals surface area contributed by atoms with Crippen LogP contribution in [-0.2, 0) is 5.41 Å². The minimum absolute atomic E-state index is 0.0595. The van der Waals surface area contributed by atoms with Gasteiger partial charge in [0.05, 0.1) is 6.61 Å². The van der Waals surface area contributed by atoms with E-state index in [2.05, 4.69) is 32.9 Å². The van der Waals surface area contributed by atoms with Gasteiger partial charge in [0.15, 0.2) is 0 Å². The van der Waals surface area contributed by atoms with Crippen LogP contribution in [0.5, 0.6) is 5.75 Å². The van der Waals surface area contributed by atoms with Crippen molar-refractivity contribution in [2.75, 3.05) is 6.61 Å². The number of aliphatic hydroxyl groups excluding tert-OH is 1. The molecule has 0 aliphatic rings. The molecule has 18 heavy (non-hydrogen) atoms. The van der Waals surface area contributed by atoms with E-state index in [1.807, 2.05) is 19.1 Å². The van der Waals surface area contributed by atoms with Gasteiger partial charge < -0.3 is 15.6 Å². The molecule has 0 aliphatic carbocycles. The molecule has 102 valence electrons. The van der Waals surface area contributed by atoms with Crippen molar-refractivity contribution in [3.63, 3.8) is 0 Å². The predicted octanol–water partition coefficient (Wildman–Crippen LogP) is 2.46. The molecule has 3 nitrogen and oxygen atoms in total. The standard InChI is InChI=1S/C15H25NO2/c1-5-13(16)14(10-17)18-12-8-6-11(7-9-12)15(2,3)4/h6-9,13-14,17H,5,10,16H2,1-4H3. The van der Waals surface area contributed by atoms with E-state index in [-0.39, 0.29) is 24.2 Å². The Labute approximate surface area is 110 Å². The largest absolute Gasteiger partial charge is 0.486 e. The maximum Gasteiger partial charge on any atom is 0.137 e. The Morgan fingerprint density at radius 3 is 2.17 bits per heavy atom. The molecule has 2 unspecified atom stereocenters. The molecule has 3 N–H and O–H groups in total. The molecule has 0 saturated heterocycles. The second kappa shape index (κ2) is 6.21. The summed E-state index contributed by atoms with van der Waals surface area (Å²) in [5, 5.41) is 9.27. The number of aliphatic hydroxyl groups is 1. The maximum absolute atomic E-state index is 9.27. The quantitative estimate of drug-likeness (QED) is 0.845. The number of benzene rings is 1. The first-order valence-corrected chi connectivity index (χ1v) is 6.52. The third-order valence-electron chi connectivity index (χ3n) is 3.14. The van der Waals surface area contributed by atoms with Gasteiger partial charge in [-0.1, -0.05) is 39.8 Å². The van der Waals surface area contributed by atoms with Gasteiger partial charge in [0, 0.05) is 6.04 Å². The van der Waals surface area contributed by atoms with Gasteiger partial charge >= 0.3 is 0 Å². The SMILES string of the molecule is CCC(N)C(CO)Oc1ccc(C(C)(C)C)cc1. The minimum atomic E-state index is -0.338. The molecular weight excluding hydrogens is 226 g/mol. The van der Waals surface area contributed by atoms with Crippen molar-refractivity contribution in [2.45, 2.75) is 51.7 Å². The Kier molecular flexibility index (Phi) is 5.17. The van der Waals surface area contributed by atoms with Crippen molar-refractivity contribution in [1.29, 1.82) is 0 Å². The van der Waals surface area contributed by atoms with Crippen molar-refractivity contribution < 1.29 is 9.84 Å². The highest BCUT2D eigenvalue weighted by Crippen LogP contribution is 2.24. The van der Waals surface area contributed by atoms with Gasteiger partial charge in [-0.05, 0) is 29.5 Å². The lowest BCUT2D eigenvalue weighted by Gasteiger charge is -2.23. The molecule has 1 aromatic rings. The lowest BCUT2D eigenvalue weighted by Crippen LogP contribution is -2.41. The van der Waals surface area contributed by atoms with E-state index in [9.17, 15) is 5.11 Å². The fourth-order valence-electron chi connectivity index (χ4n) is 1.73. The van der Waals surface area contributed by atoms with Gasteiger partial charge in [-0.3, -0.25) is 0 Å². The zero-order valence-electron chi connectivity index (χ0n) is 11.8. The van der Waals surface area contributed by atoms with Gasteiger partial charge in [-0.15, -0.1) is 0 Å². The van der Waals surface area contributed by atoms with Crippen LogP contribution in [0.1, 0.15) is 39.7 Å². The summed E-state index contributed by atoms with van der Waals surface area (Å²) >= 11 is 0. The molecule has 0 saturated carbocycles. The van der Waals surface area contributed by atoms with Crippen LogP contribution in [0.2, 0.25) is 0 Å². The van der Waals surface area contributed by atoms with Crippen LogP contribution in [0.3, 0.4) is 0 Å². The number of hydrogen-bond acceptors (Lipinski definition) is 3. The van der Waals surface area contributed by atoms with Crippen molar-refractivity contribution >= 4 is 0 Å². The fraction of sp³-hybridized carbons (Fsp3) is 0.600. The molecule has 0 amide bonds. The second-order valence-electron chi connectivity index (χ2n) is 5.69. The second-order valence-corrected chi connectivity index (χ2v) is 5.69. The van der Waals surface area contributed by atoms with E-state index in [0.29, 0.717) is 0 Å². The summed E-state index contributed by atoms with van der Waals surface area (Å²) in [5.74, 6) is 0.756. The number of nitrogens with two attached hydrogens (primary N) is 1.